The Kier molecular flexibility index (Phi) is 4.74. The number of fused-ring (bicyclic) bond motifs is 1. The summed E-state index contributed by atoms with van der Waals surface area (Å²) < 4.78 is 5.63. The molecule has 4 rings (SSSR count). The molecule has 1 aliphatic rings. The standard InChI is InChI=1S/C18H18N6O4S/c1-3-18(2)15(26)24(16(27)20-18)23-13(25)9-29-17-22-21-14(28-17)11-8-19-12-7-5-4-6-10(11)12/h4-8,19H,3,9H2,1-2H3,(H,20,27)(H,23,25). The van der Waals surface area contributed by atoms with Gasteiger partial charge in [-0.3, -0.25) is 15.0 Å². The van der Waals surface area contributed by atoms with Crippen LogP contribution in [0.4, 0.5) is 4.79 Å². The van der Waals surface area contributed by atoms with Gasteiger partial charge in [0.05, 0.1) is 11.3 Å². The van der Waals surface area contributed by atoms with Gasteiger partial charge in [-0.05, 0) is 19.4 Å². The Bertz CT molecular complexity index is 1110. The molecule has 150 valence electrons. The Labute approximate surface area is 169 Å². The minimum Gasteiger partial charge on any atom is -0.411 e. The second-order valence-electron chi connectivity index (χ2n) is 6.70. The highest BCUT2D eigenvalue weighted by atomic mass is 32.2. The van der Waals surface area contributed by atoms with Gasteiger partial charge in [0.25, 0.3) is 17.0 Å². The summed E-state index contributed by atoms with van der Waals surface area (Å²) in [6.07, 6.45) is 2.19. The van der Waals surface area contributed by atoms with E-state index in [0.29, 0.717) is 17.3 Å². The maximum atomic E-state index is 12.3. The average molecular weight is 414 g/mol. The highest BCUT2D eigenvalue weighted by Gasteiger charge is 2.47. The summed E-state index contributed by atoms with van der Waals surface area (Å²) in [6, 6.07) is 7.06. The van der Waals surface area contributed by atoms with E-state index in [0.717, 1.165) is 28.2 Å². The molecule has 1 saturated heterocycles. The number of nitrogens with zero attached hydrogens (tertiary/aromatic N) is 3. The van der Waals surface area contributed by atoms with Gasteiger partial charge in [0, 0.05) is 17.1 Å². The number of thioether (sulfide) groups is 1. The van der Waals surface area contributed by atoms with Gasteiger partial charge in [0.1, 0.15) is 5.54 Å². The molecular weight excluding hydrogens is 396 g/mol. The number of hydrogen-bond acceptors (Lipinski definition) is 7. The third-order valence-corrected chi connectivity index (χ3v) is 5.58. The minimum atomic E-state index is -1.02. The van der Waals surface area contributed by atoms with Gasteiger partial charge in [-0.1, -0.05) is 36.9 Å². The van der Waals surface area contributed by atoms with Crippen molar-refractivity contribution < 1.29 is 18.8 Å². The van der Waals surface area contributed by atoms with E-state index in [1.807, 2.05) is 24.3 Å². The molecule has 0 bridgehead atoms. The summed E-state index contributed by atoms with van der Waals surface area (Å²) in [5.74, 6) is -0.804. The topological polar surface area (TPSA) is 133 Å². The zero-order valence-electron chi connectivity index (χ0n) is 15.7. The Morgan fingerprint density at radius 3 is 2.86 bits per heavy atom. The Morgan fingerprint density at radius 2 is 2.10 bits per heavy atom. The molecule has 3 heterocycles. The fourth-order valence-corrected chi connectivity index (χ4v) is 3.49. The molecule has 1 unspecified atom stereocenters. The highest BCUT2D eigenvalue weighted by molar-refractivity contribution is 7.99. The van der Waals surface area contributed by atoms with Crippen LogP contribution in [0.5, 0.6) is 0 Å². The first kappa shape index (κ1) is 19.0. The van der Waals surface area contributed by atoms with Crippen molar-refractivity contribution in [3.8, 4) is 11.5 Å². The second-order valence-corrected chi connectivity index (χ2v) is 7.63. The Hall–Kier alpha value is -3.34. The maximum Gasteiger partial charge on any atom is 0.344 e. The number of rotatable bonds is 6. The lowest BCUT2D eigenvalue weighted by Crippen LogP contribution is -2.49. The van der Waals surface area contributed by atoms with E-state index in [1.54, 1.807) is 20.0 Å². The van der Waals surface area contributed by atoms with Crippen LogP contribution < -0.4 is 10.7 Å². The molecule has 29 heavy (non-hydrogen) atoms. The van der Waals surface area contributed by atoms with Crippen molar-refractivity contribution in [3.63, 3.8) is 0 Å². The summed E-state index contributed by atoms with van der Waals surface area (Å²) in [6.45, 7) is 3.39. The Morgan fingerprint density at radius 1 is 1.31 bits per heavy atom. The van der Waals surface area contributed by atoms with Crippen molar-refractivity contribution >= 4 is 40.5 Å². The van der Waals surface area contributed by atoms with Crippen molar-refractivity contribution in [2.45, 2.75) is 31.0 Å². The normalized spacial score (nSPS) is 19.0. The third-order valence-electron chi connectivity index (χ3n) is 4.76. The van der Waals surface area contributed by atoms with Crippen LogP contribution in [0.3, 0.4) is 0 Å². The first-order valence-corrected chi connectivity index (χ1v) is 9.89. The third kappa shape index (κ3) is 3.44. The number of urea groups is 1. The molecule has 10 nitrogen and oxygen atoms in total. The largest absolute Gasteiger partial charge is 0.411 e. The first-order valence-electron chi connectivity index (χ1n) is 8.90. The number of nitrogens with one attached hydrogen (secondary N) is 3. The van der Waals surface area contributed by atoms with Crippen molar-refractivity contribution in [2.75, 3.05) is 5.75 Å². The molecule has 4 amide bonds. The Balaban J connectivity index is 1.38. The molecule has 3 aromatic rings. The molecule has 0 spiro atoms. The number of para-hydroxylation sites is 1. The van der Waals surface area contributed by atoms with Gasteiger partial charge in [0.2, 0.25) is 5.91 Å². The van der Waals surface area contributed by atoms with Crippen LogP contribution in [-0.2, 0) is 9.59 Å². The lowest BCUT2D eigenvalue weighted by molar-refractivity contribution is -0.137. The molecule has 2 aromatic heterocycles. The average Bonchev–Trinajstić information content (AvgIpc) is 3.40. The van der Waals surface area contributed by atoms with E-state index in [-0.39, 0.29) is 11.0 Å². The quantitative estimate of drug-likeness (QED) is 0.415. The number of carbonyl (C=O) groups excluding carboxylic acids is 3. The number of amides is 4. The summed E-state index contributed by atoms with van der Waals surface area (Å²) in [4.78, 5) is 39.5. The number of benzene rings is 1. The highest BCUT2D eigenvalue weighted by Crippen LogP contribution is 2.29. The molecule has 1 fully saturated rings. The van der Waals surface area contributed by atoms with E-state index >= 15 is 0 Å². The van der Waals surface area contributed by atoms with E-state index in [4.69, 9.17) is 4.42 Å². The van der Waals surface area contributed by atoms with E-state index < -0.39 is 23.4 Å². The van der Waals surface area contributed by atoms with Gasteiger partial charge in [-0.2, -0.15) is 5.01 Å². The fourth-order valence-electron chi connectivity index (χ4n) is 2.94. The molecule has 0 radical (unpaired) electrons. The van der Waals surface area contributed by atoms with Crippen LogP contribution in [0, 0.1) is 0 Å². The second kappa shape index (κ2) is 7.24. The number of carbonyl (C=O) groups is 3. The van der Waals surface area contributed by atoms with Crippen LogP contribution in [-0.4, -0.2) is 49.3 Å². The number of hydrazine groups is 1. The van der Waals surface area contributed by atoms with E-state index in [9.17, 15) is 14.4 Å². The van der Waals surface area contributed by atoms with Crippen molar-refractivity contribution in [1.29, 1.82) is 0 Å². The first-order chi connectivity index (χ1) is 13.9. The van der Waals surface area contributed by atoms with Crippen LogP contribution in [0.25, 0.3) is 22.4 Å². The predicted octanol–water partition coefficient (Wildman–Crippen LogP) is 2.06. The SMILES string of the molecule is CCC1(C)NC(=O)N(NC(=O)CSc2nnc(-c3c[nH]c4ccccc34)o2)C1=O. The predicted molar refractivity (Wildman–Crippen MR) is 105 cm³/mol. The van der Waals surface area contributed by atoms with E-state index in [2.05, 4.69) is 25.9 Å². The number of aromatic nitrogens is 3. The summed E-state index contributed by atoms with van der Waals surface area (Å²) in [5.41, 5.74) is 3.01. The summed E-state index contributed by atoms with van der Waals surface area (Å²) in [7, 11) is 0. The molecular formula is C18H18N6O4S. The summed E-state index contributed by atoms with van der Waals surface area (Å²) in [5, 5.41) is 12.4. The molecule has 0 aliphatic carbocycles. The monoisotopic (exact) mass is 414 g/mol. The lowest BCUT2D eigenvalue weighted by atomic mass is 10.00. The van der Waals surface area contributed by atoms with Gasteiger partial charge < -0.3 is 14.7 Å². The van der Waals surface area contributed by atoms with E-state index in [1.165, 1.54) is 0 Å². The number of imide groups is 1. The smallest absolute Gasteiger partial charge is 0.344 e. The van der Waals surface area contributed by atoms with Crippen molar-refractivity contribution in [1.82, 2.24) is 30.9 Å². The van der Waals surface area contributed by atoms with Crippen LogP contribution >= 0.6 is 11.8 Å². The molecule has 1 aliphatic heterocycles. The van der Waals surface area contributed by atoms with Crippen LogP contribution in [0.2, 0.25) is 0 Å². The molecule has 0 saturated carbocycles. The molecule has 1 atom stereocenters. The van der Waals surface area contributed by atoms with Crippen LogP contribution in [0.1, 0.15) is 20.3 Å². The number of hydrogen-bond donors (Lipinski definition) is 3. The zero-order chi connectivity index (χ0) is 20.6. The fraction of sp³-hybridized carbons (Fsp3) is 0.278. The van der Waals surface area contributed by atoms with Crippen LogP contribution in [0.15, 0.2) is 40.1 Å². The van der Waals surface area contributed by atoms with Gasteiger partial charge >= 0.3 is 6.03 Å². The zero-order valence-corrected chi connectivity index (χ0v) is 16.5. The molecule has 1 aromatic carbocycles. The lowest BCUT2D eigenvalue weighted by Gasteiger charge is -2.19. The molecule has 11 heteroatoms. The number of H-pyrrole nitrogens is 1. The van der Waals surface area contributed by atoms with Gasteiger partial charge in [-0.25, -0.2) is 4.79 Å². The minimum absolute atomic E-state index is 0.102. The maximum absolute atomic E-state index is 12.3. The van der Waals surface area contributed by atoms with Crippen molar-refractivity contribution in [3.05, 3.63) is 30.5 Å². The molecule has 3 N–H and O–H groups in total. The van der Waals surface area contributed by atoms with Gasteiger partial charge in [-0.15, -0.1) is 10.2 Å². The van der Waals surface area contributed by atoms with Gasteiger partial charge in [0.15, 0.2) is 0 Å². The summed E-state index contributed by atoms with van der Waals surface area (Å²) >= 11 is 1.01. The number of aromatic amines is 1. The van der Waals surface area contributed by atoms with Crippen molar-refractivity contribution in [2.24, 2.45) is 0 Å².